The summed E-state index contributed by atoms with van der Waals surface area (Å²) in [4.78, 5) is 0. The molecule has 0 saturated heterocycles. The molecule has 1 nitrogen and oxygen atoms in total. The lowest BCUT2D eigenvalue weighted by molar-refractivity contribution is 1.40. The van der Waals surface area contributed by atoms with E-state index in [2.05, 4.69) is 25.4 Å². The van der Waals surface area contributed by atoms with Gasteiger partial charge in [-0.25, -0.2) is 0 Å². The molecule has 0 saturated carbocycles. The summed E-state index contributed by atoms with van der Waals surface area (Å²) in [5.74, 6) is 0. The van der Waals surface area contributed by atoms with E-state index in [-0.39, 0.29) is 0 Å². The molecule has 3 heteroatoms. The van der Waals surface area contributed by atoms with E-state index < -0.39 is 7.22 Å². The van der Waals surface area contributed by atoms with Crippen molar-refractivity contribution in [2.24, 2.45) is 0 Å². The molecule has 8 heavy (non-hydrogen) atoms. The lowest BCUT2D eigenvalue weighted by atomic mass is 11.0. The summed E-state index contributed by atoms with van der Waals surface area (Å²) in [5, 5.41) is 10.4. The molecule has 0 aromatic carbocycles. The summed E-state index contributed by atoms with van der Waals surface area (Å²) in [7, 11) is -1.12. The molecule has 0 aliphatic rings. The van der Waals surface area contributed by atoms with E-state index in [4.69, 9.17) is 5.26 Å². The van der Waals surface area contributed by atoms with E-state index in [1.54, 1.807) is 0 Å². The molecule has 0 aliphatic carbocycles. The fraction of sp³-hybridized carbons (Fsp3) is 0.800. The zero-order valence-corrected chi connectivity index (χ0v) is 7.38. The van der Waals surface area contributed by atoms with Crippen molar-refractivity contribution in [3.63, 3.8) is 0 Å². The van der Waals surface area contributed by atoms with Gasteiger partial charge < -0.3 is 0 Å². The Kier molecular flexibility index (Phi) is 3.18. The highest BCUT2D eigenvalue weighted by Gasteiger charge is 2.17. The van der Waals surface area contributed by atoms with Crippen LogP contribution in [0.1, 0.15) is 6.92 Å². The first-order valence-electron chi connectivity index (χ1n) is 2.69. The number of thiocyanates is 1. The summed E-state index contributed by atoms with van der Waals surface area (Å²) < 4.78 is 0. The van der Waals surface area contributed by atoms with Crippen molar-refractivity contribution >= 4 is 18.4 Å². The minimum atomic E-state index is -1.12. The van der Waals surface area contributed by atoms with Crippen molar-refractivity contribution in [3.8, 4) is 5.40 Å². The average Bonchev–Trinajstić information content (AvgIpc) is 1.67. The van der Waals surface area contributed by atoms with E-state index in [9.17, 15) is 0 Å². The molecule has 0 fully saturated rings. The zero-order chi connectivity index (χ0) is 6.62. The van der Waals surface area contributed by atoms with Crippen LogP contribution in [0, 0.1) is 10.7 Å². The Morgan fingerprint density at radius 1 is 1.62 bits per heavy atom. The minimum absolute atomic E-state index is 1.12. The summed E-state index contributed by atoms with van der Waals surface area (Å²) in [6, 6.07) is 1.19. The lowest BCUT2D eigenvalue weighted by Crippen LogP contribution is -2.16. The molecule has 0 bridgehead atoms. The molecule has 0 N–H and O–H groups in total. The number of hydrogen-bond donors (Lipinski definition) is 0. The Bertz CT molecular complexity index is 105. The van der Waals surface area contributed by atoms with E-state index in [1.165, 1.54) is 17.3 Å². The maximum atomic E-state index is 8.28. The first kappa shape index (κ1) is 8.06. The fourth-order valence-electron chi connectivity index (χ4n) is 0.196. The predicted octanol–water partition coefficient (Wildman–Crippen LogP) is 2.43. The van der Waals surface area contributed by atoms with Crippen LogP contribution in [0.3, 0.4) is 0 Å². The molecule has 0 spiro atoms. The quantitative estimate of drug-likeness (QED) is 0.440. The molecule has 0 aromatic rings. The van der Waals surface area contributed by atoms with Crippen LogP contribution >= 0.6 is 11.2 Å². The molecule has 0 aromatic heterocycles. The second-order valence-electron chi connectivity index (χ2n) is 2.31. The van der Waals surface area contributed by atoms with Gasteiger partial charge in [-0.1, -0.05) is 37.3 Å². The second-order valence-corrected chi connectivity index (χ2v) is 10.8. The third kappa shape index (κ3) is 3.11. The van der Waals surface area contributed by atoms with Crippen molar-refractivity contribution in [2.75, 3.05) is 0 Å². The highest BCUT2D eigenvalue weighted by atomic mass is 32.4. The highest BCUT2D eigenvalue weighted by Crippen LogP contribution is 2.21. The molecule has 0 amide bonds. The fourth-order valence-corrected chi connectivity index (χ4v) is 1.76. The SMILES string of the molecule is CC[Si](C)(C)SC#N. The van der Waals surface area contributed by atoms with Crippen LogP contribution in [0.4, 0.5) is 0 Å². The molecule has 0 rings (SSSR count). The van der Waals surface area contributed by atoms with E-state index >= 15 is 0 Å². The molecule has 0 heterocycles. The third-order valence-electron chi connectivity index (χ3n) is 1.17. The first-order chi connectivity index (χ1) is 3.62. The van der Waals surface area contributed by atoms with Crippen molar-refractivity contribution < 1.29 is 0 Å². The van der Waals surface area contributed by atoms with Gasteiger partial charge in [-0.15, -0.1) is 0 Å². The number of hydrogen-bond acceptors (Lipinski definition) is 2. The monoisotopic (exact) mass is 145 g/mol. The summed E-state index contributed by atoms with van der Waals surface area (Å²) in [6.45, 7) is 6.57. The molecular formula is C5H11NSSi. The number of nitriles is 1. The second kappa shape index (κ2) is 3.16. The number of nitrogens with zero attached hydrogens (tertiary/aromatic N) is 1. The Balaban J connectivity index is 3.58. The van der Waals surface area contributed by atoms with Gasteiger partial charge in [0.1, 0.15) is 12.6 Å². The molecule has 0 aliphatic heterocycles. The van der Waals surface area contributed by atoms with Crippen molar-refractivity contribution in [3.05, 3.63) is 0 Å². The zero-order valence-electron chi connectivity index (χ0n) is 5.56. The average molecular weight is 145 g/mol. The smallest absolute Gasteiger partial charge is 0.130 e. The normalized spacial score (nSPS) is 10.8. The third-order valence-corrected chi connectivity index (χ3v) is 6.32. The van der Waals surface area contributed by atoms with Crippen molar-refractivity contribution in [1.29, 1.82) is 5.26 Å². The van der Waals surface area contributed by atoms with Crippen LogP contribution < -0.4 is 0 Å². The minimum Gasteiger partial charge on any atom is -0.186 e. The van der Waals surface area contributed by atoms with E-state index in [0.29, 0.717) is 0 Å². The van der Waals surface area contributed by atoms with E-state index in [0.717, 1.165) is 0 Å². The molecular weight excluding hydrogens is 134 g/mol. The van der Waals surface area contributed by atoms with Crippen molar-refractivity contribution in [1.82, 2.24) is 0 Å². The van der Waals surface area contributed by atoms with Gasteiger partial charge in [-0.2, -0.15) is 5.26 Å². The van der Waals surface area contributed by atoms with Gasteiger partial charge in [0.25, 0.3) is 0 Å². The summed E-state index contributed by atoms with van der Waals surface area (Å²) >= 11 is 1.48. The maximum absolute atomic E-state index is 8.28. The summed E-state index contributed by atoms with van der Waals surface area (Å²) in [6.07, 6.45) is 0. The van der Waals surface area contributed by atoms with Gasteiger partial charge in [-0.3, -0.25) is 0 Å². The van der Waals surface area contributed by atoms with Crippen LogP contribution in [0.15, 0.2) is 0 Å². The molecule has 0 radical (unpaired) electrons. The molecule has 0 atom stereocenters. The first-order valence-corrected chi connectivity index (χ1v) is 7.44. The van der Waals surface area contributed by atoms with Gasteiger partial charge in [0.05, 0.1) is 0 Å². The highest BCUT2D eigenvalue weighted by molar-refractivity contribution is 8.32. The van der Waals surface area contributed by atoms with Gasteiger partial charge in [-0.05, 0) is 0 Å². The Labute approximate surface area is 55.7 Å². The van der Waals surface area contributed by atoms with Gasteiger partial charge in [0, 0.05) is 0 Å². The maximum Gasteiger partial charge on any atom is 0.130 e. The van der Waals surface area contributed by atoms with E-state index in [1.807, 2.05) is 0 Å². The van der Waals surface area contributed by atoms with Gasteiger partial charge >= 0.3 is 0 Å². The predicted molar refractivity (Wildman–Crippen MR) is 41.2 cm³/mol. The lowest BCUT2D eigenvalue weighted by Gasteiger charge is -2.12. The Morgan fingerprint density at radius 3 is 2.25 bits per heavy atom. The molecule has 46 valence electrons. The standard InChI is InChI=1S/C5H11NSSi/c1-4-8(2,3)7-5-6/h4H2,1-3H3. The van der Waals surface area contributed by atoms with Crippen molar-refractivity contribution in [2.45, 2.75) is 26.1 Å². The van der Waals surface area contributed by atoms with Crippen LogP contribution in [0.2, 0.25) is 19.1 Å². The Morgan fingerprint density at radius 2 is 2.12 bits per heavy atom. The van der Waals surface area contributed by atoms with Crippen LogP contribution in [0.5, 0.6) is 0 Å². The summed E-state index contributed by atoms with van der Waals surface area (Å²) in [5.41, 5.74) is 0. The van der Waals surface area contributed by atoms with Crippen LogP contribution in [-0.4, -0.2) is 7.22 Å². The number of rotatable bonds is 2. The Hall–Kier alpha value is 0.0569. The van der Waals surface area contributed by atoms with Crippen LogP contribution in [0.25, 0.3) is 0 Å². The van der Waals surface area contributed by atoms with Gasteiger partial charge in [0.2, 0.25) is 0 Å². The topological polar surface area (TPSA) is 23.8 Å². The molecule has 0 unspecified atom stereocenters. The van der Waals surface area contributed by atoms with Crippen LogP contribution in [-0.2, 0) is 0 Å². The van der Waals surface area contributed by atoms with Gasteiger partial charge in [0.15, 0.2) is 0 Å². The largest absolute Gasteiger partial charge is 0.186 e.